The molecule has 0 aliphatic carbocycles. The molecule has 0 aromatic rings. The van der Waals surface area contributed by atoms with E-state index in [9.17, 15) is 0 Å². The van der Waals surface area contributed by atoms with Gasteiger partial charge in [-0.15, -0.1) is 0 Å². The number of hydrogen-bond donors (Lipinski definition) is 0. The van der Waals surface area contributed by atoms with Gasteiger partial charge in [-0.25, -0.2) is 0 Å². The topological polar surface area (TPSA) is 56.8 Å². The van der Waals surface area contributed by atoms with Crippen LogP contribution in [0.4, 0.5) is 0 Å². The maximum Gasteiger partial charge on any atom is 0.137 e. The fourth-order valence-electron chi connectivity index (χ4n) is 1.11. The summed E-state index contributed by atoms with van der Waals surface area (Å²) in [6, 6.07) is 3.72. The van der Waals surface area contributed by atoms with Gasteiger partial charge >= 0.3 is 0 Å². The lowest BCUT2D eigenvalue weighted by Gasteiger charge is -2.23. The molecule has 1 rings (SSSR count). The molecule has 1 aliphatic heterocycles. The molecular weight excluding hydrogens is 188 g/mol. The van der Waals surface area contributed by atoms with Crippen LogP contribution in [0.25, 0.3) is 0 Å². The molecule has 0 atom stereocenters. The Morgan fingerprint density at radius 3 is 2.33 bits per heavy atom. The molecule has 1 aliphatic rings. The summed E-state index contributed by atoms with van der Waals surface area (Å²) >= 11 is 0. The van der Waals surface area contributed by atoms with Crippen LogP contribution < -0.4 is 0 Å². The van der Waals surface area contributed by atoms with E-state index >= 15 is 0 Å². The number of nitrogens with zero attached hydrogens (tertiary/aromatic N) is 2. The van der Waals surface area contributed by atoms with Crippen LogP contribution in [0.1, 0.15) is 20.8 Å². The van der Waals surface area contributed by atoms with Crippen molar-refractivity contribution in [1.82, 2.24) is 0 Å². The second-order valence-electron chi connectivity index (χ2n) is 4.23. The van der Waals surface area contributed by atoms with Crippen molar-refractivity contribution in [2.24, 2.45) is 5.41 Å². The molecule has 0 bridgehead atoms. The third kappa shape index (κ3) is 2.48. The van der Waals surface area contributed by atoms with Gasteiger partial charge in [-0.05, 0) is 12.2 Å². The number of nitriles is 2. The van der Waals surface area contributed by atoms with Gasteiger partial charge in [0.1, 0.15) is 23.5 Å². The predicted molar refractivity (Wildman–Crippen MR) is 56.0 cm³/mol. The van der Waals surface area contributed by atoms with E-state index in [-0.39, 0.29) is 11.0 Å². The van der Waals surface area contributed by atoms with Gasteiger partial charge in [0.15, 0.2) is 0 Å². The number of hydrogen-bond acceptors (Lipinski definition) is 3. The fraction of sp³-hybridized carbons (Fsp3) is 0.333. The molecule has 0 fully saturated rings. The Labute approximate surface area is 89.6 Å². The lowest BCUT2D eigenvalue weighted by atomic mass is 9.91. The molecule has 0 aromatic carbocycles. The standard InChI is InChI=1S/C12H12N2O/c1-12(2,3)11-6-9(4-5-15-11)10(7-13)8-14/h4-6H,1-3H3. The largest absolute Gasteiger partial charge is 0.469 e. The van der Waals surface area contributed by atoms with Gasteiger partial charge < -0.3 is 4.74 Å². The first-order chi connectivity index (χ1) is 6.99. The molecule has 0 amide bonds. The van der Waals surface area contributed by atoms with Crippen LogP contribution in [0.15, 0.2) is 35.3 Å². The SMILES string of the molecule is CC(C)(C)C1=CC(=C(C#N)C#N)C=CO1. The van der Waals surface area contributed by atoms with Crippen LogP contribution in [-0.4, -0.2) is 0 Å². The molecule has 0 saturated heterocycles. The van der Waals surface area contributed by atoms with E-state index in [1.807, 2.05) is 32.9 Å². The zero-order valence-electron chi connectivity index (χ0n) is 9.03. The monoisotopic (exact) mass is 200 g/mol. The summed E-state index contributed by atoms with van der Waals surface area (Å²) < 4.78 is 5.34. The first kappa shape index (κ1) is 11.1. The van der Waals surface area contributed by atoms with Gasteiger partial charge in [-0.2, -0.15) is 10.5 Å². The van der Waals surface area contributed by atoms with Gasteiger partial charge in [0.05, 0.1) is 6.26 Å². The molecule has 0 N–H and O–H groups in total. The molecule has 0 radical (unpaired) electrons. The summed E-state index contributed by atoms with van der Waals surface area (Å²) in [5.74, 6) is 0.753. The molecule has 76 valence electrons. The number of allylic oxidation sites excluding steroid dienone is 5. The third-order valence-electron chi connectivity index (χ3n) is 1.98. The van der Waals surface area contributed by atoms with E-state index in [0.717, 1.165) is 5.76 Å². The number of rotatable bonds is 0. The van der Waals surface area contributed by atoms with Crippen LogP contribution in [0.2, 0.25) is 0 Å². The van der Waals surface area contributed by atoms with Crippen molar-refractivity contribution in [1.29, 1.82) is 10.5 Å². The molecule has 0 spiro atoms. The van der Waals surface area contributed by atoms with Crippen molar-refractivity contribution in [3.05, 3.63) is 35.3 Å². The van der Waals surface area contributed by atoms with Crippen LogP contribution in [-0.2, 0) is 4.74 Å². The highest BCUT2D eigenvalue weighted by Gasteiger charge is 2.21. The lowest BCUT2D eigenvalue weighted by molar-refractivity contribution is 0.242. The van der Waals surface area contributed by atoms with Crippen molar-refractivity contribution in [3.63, 3.8) is 0 Å². The Balaban J connectivity index is 3.18. The van der Waals surface area contributed by atoms with Gasteiger partial charge in [0, 0.05) is 11.0 Å². The maximum atomic E-state index is 8.73. The summed E-state index contributed by atoms with van der Waals surface area (Å²) in [5, 5.41) is 17.5. The van der Waals surface area contributed by atoms with Crippen molar-refractivity contribution in [2.45, 2.75) is 20.8 Å². The Kier molecular flexibility index (Phi) is 2.97. The van der Waals surface area contributed by atoms with E-state index < -0.39 is 0 Å². The first-order valence-electron chi connectivity index (χ1n) is 4.59. The van der Waals surface area contributed by atoms with Crippen molar-refractivity contribution >= 4 is 0 Å². The minimum Gasteiger partial charge on any atom is -0.469 e. The molecular formula is C12H12N2O. The summed E-state index contributed by atoms with van der Waals surface area (Å²) in [6.45, 7) is 6.02. The summed E-state index contributed by atoms with van der Waals surface area (Å²) in [4.78, 5) is 0. The fourth-order valence-corrected chi connectivity index (χ4v) is 1.11. The molecule has 15 heavy (non-hydrogen) atoms. The summed E-state index contributed by atoms with van der Waals surface area (Å²) in [7, 11) is 0. The normalized spacial score (nSPS) is 14.7. The van der Waals surface area contributed by atoms with Gasteiger partial charge in [0.2, 0.25) is 0 Å². The smallest absolute Gasteiger partial charge is 0.137 e. The minimum atomic E-state index is -0.133. The molecule has 3 heteroatoms. The van der Waals surface area contributed by atoms with Gasteiger partial charge in [-0.1, -0.05) is 20.8 Å². The Morgan fingerprint density at radius 2 is 1.87 bits per heavy atom. The van der Waals surface area contributed by atoms with E-state index in [2.05, 4.69) is 0 Å². The second-order valence-corrected chi connectivity index (χ2v) is 4.23. The van der Waals surface area contributed by atoms with Crippen LogP contribution >= 0.6 is 0 Å². The second kappa shape index (κ2) is 4.02. The maximum absolute atomic E-state index is 8.73. The lowest BCUT2D eigenvalue weighted by Crippen LogP contribution is -2.12. The quantitative estimate of drug-likeness (QED) is 0.565. The highest BCUT2D eigenvalue weighted by Crippen LogP contribution is 2.30. The molecule has 3 nitrogen and oxygen atoms in total. The van der Waals surface area contributed by atoms with E-state index in [0.29, 0.717) is 5.57 Å². The minimum absolute atomic E-state index is 0.108. The molecule has 0 saturated carbocycles. The number of ether oxygens (including phenoxy) is 1. The Bertz CT molecular complexity index is 418. The van der Waals surface area contributed by atoms with Crippen LogP contribution in [0.3, 0.4) is 0 Å². The van der Waals surface area contributed by atoms with Gasteiger partial charge in [0.25, 0.3) is 0 Å². The summed E-state index contributed by atoms with van der Waals surface area (Å²) in [6.07, 6.45) is 4.86. The summed E-state index contributed by atoms with van der Waals surface area (Å²) in [5.41, 5.74) is 0.582. The highest BCUT2D eigenvalue weighted by molar-refractivity contribution is 5.51. The Hall–Kier alpha value is -2.00. The molecule has 0 aromatic heterocycles. The zero-order valence-corrected chi connectivity index (χ0v) is 9.03. The third-order valence-corrected chi connectivity index (χ3v) is 1.98. The van der Waals surface area contributed by atoms with Crippen LogP contribution in [0.5, 0.6) is 0 Å². The first-order valence-corrected chi connectivity index (χ1v) is 4.59. The zero-order chi connectivity index (χ0) is 11.5. The Morgan fingerprint density at radius 1 is 1.27 bits per heavy atom. The van der Waals surface area contributed by atoms with Crippen molar-refractivity contribution < 1.29 is 4.74 Å². The highest BCUT2D eigenvalue weighted by atomic mass is 16.5. The van der Waals surface area contributed by atoms with Gasteiger partial charge in [-0.3, -0.25) is 0 Å². The van der Waals surface area contributed by atoms with E-state index in [1.54, 1.807) is 12.2 Å². The average Bonchev–Trinajstić information content (AvgIpc) is 2.19. The van der Waals surface area contributed by atoms with E-state index in [1.165, 1.54) is 6.26 Å². The van der Waals surface area contributed by atoms with Crippen molar-refractivity contribution in [3.8, 4) is 12.1 Å². The van der Waals surface area contributed by atoms with E-state index in [4.69, 9.17) is 15.3 Å². The average molecular weight is 200 g/mol. The molecule has 1 heterocycles. The predicted octanol–water partition coefficient (Wildman–Crippen LogP) is 2.80. The molecule has 0 unspecified atom stereocenters. The van der Waals surface area contributed by atoms with Crippen LogP contribution in [0, 0.1) is 28.1 Å². The van der Waals surface area contributed by atoms with Crippen molar-refractivity contribution in [2.75, 3.05) is 0 Å².